The quantitative estimate of drug-likeness (QED) is 0.599. The van der Waals surface area contributed by atoms with Crippen LogP contribution >= 0.6 is 0 Å². The van der Waals surface area contributed by atoms with E-state index in [4.69, 9.17) is 0 Å². The first kappa shape index (κ1) is 9.01. The van der Waals surface area contributed by atoms with E-state index in [0.717, 1.165) is 5.69 Å². The Morgan fingerprint density at radius 3 is 3.00 bits per heavy atom. The van der Waals surface area contributed by atoms with E-state index in [-0.39, 0.29) is 18.0 Å². The first-order valence-electron chi connectivity index (χ1n) is 4.43. The number of nitrogens with zero attached hydrogens (tertiary/aromatic N) is 3. The van der Waals surface area contributed by atoms with Crippen LogP contribution < -0.4 is 10.6 Å². The van der Waals surface area contributed by atoms with Crippen molar-refractivity contribution in [2.24, 2.45) is 0 Å². The van der Waals surface area contributed by atoms with Crippen molar-refractivity contribution in [3.8, 4) is 0 Å². The van der Waals surface area contributed by atoms with Gasteiger partial charge in [0.05, 0.1) is 24.0 Å². The van der Waals surface area contributed by atoms with Crippen LogP contribution in [0.1, 0.15) is 18.7 Å². The third-order valence-corrected chi connectivity index (χ3v) is 2.20. The summed E-state index contributed by atoms with van der Waals surface area (Å²) in [7, 11) is 0. The number of amides is 1. The zero-order chi connectivity index (χ0) is 9.97. The summed E-state index contributed by atoms with van der Waals surface area (Å²) < 4.78 is 0. The molecule has 1 aliphatic heterocycles. The van der Waals surface area contributed by atoms with Gasteiger partial charge in [0, 0.05) is 6.54 Å². The zero-order valence-electron chi connectivity index (χ0n) is 7.77. The second-order valence-corrected chi connectivity index (χ2v) is 3.22. The average molecular weight is 193 g/mol. The largest absolute Gasteiger partial charge is 0.353 e. The third-order valence-electron chi connectivity index (χ3n) is 2.20. The molecule has 0 saturated carbocycles. The van der Waals surface area contributed by atoms with Crippen molar-refractivity contribution in [1.82, 2.24) is 25.8 Å². The van der Waals surface area contributed by atoms with Crippen LogP contribution in [0.3, 0.4) is 0 Å². The third kappa shape index (κ3) is 1.69. The van der Waals surface area contributed by atoms with Crippen molar-refractivity contribution in [2.45, 2.75) is 19.0 Å². The van der Waals surface area contributed by atoms with Gasteiger partial charge >= 0.3 is 0 Å². The molecule has 1 saturated heterocycles. The van der Waals surface area contributed by atoms with Crippen LogP contribution in [0.4, 0.5) is 0 Å². The normalized spacial score (nSPS) is 27.1. The Hall–Kier alpha value is -1.56. The molecule has 2 unspecified atom stereocenters. The van der Waals surface area contributed by atoms with E-state index in [1.165, 1.54) is 6.33 Å². The zero-order valence-corrected chi connectivity index (χ0v) is 7.77. The van der Waals surface area contributed by atoms with Gasteiger partial charge in [-0.1, -0.05) is 0 Å². The minimum Gasteiger partial charge on any atom is -0.353 e. The molecule has 0 radical (unpaired) electrons. The fourth-order valence-corrected chi connectivity index (χ4v) is 1.41. The predicted octanol–water partition coefficient (Wildman–Crippen LogP) is -0.979. The molecule has 0 aromatic carbocycles. The fourth-order valence-electron chi connectivity index (χ4n) is 1.41. The van der Waals surface area contributed by atoms with Crippen molar-refractivity contribution >= 4 is 5.91 Å². The summed E-state index contributed by atoms with van der Waals surface area (Å²) in [6.07, 6.45) is 3.00. The first-order chi connectivity index (χ1) is 6.77. The van der Waals surface area contributed by atoms with Crippen molar-refractivity contribution in [1.29, 1.82) is 0 Å². The molecule has 2 atom stereocenters. The van der Waals surface area contributed by atoms with E-state index >= 15 is 0 Å². The molecule has 2 rings (SSSR count). The minimum atomic E-state index is -0.191. The van der Waals surface area contributed by atoms with Crippen molar-refractivity contribution in [3.63, 3.8) is 0 Å². The number of rotatable bonds is 1. The van der Waals surface area contributed by atoms with Crippen LogP contribution in [0, 0.1) is 0 Å². The molecular weight excluding hydrogens is 182 g/mol. The van der Waals surface area contributed by atoms with E-state index in [0.29, 0.717) is 6.54 Å². The van der Waals surface area contributed by atoms with Crippen molar-refractivity contribution in [3.05, 3.63) is 18.2 Å². The van der Waals surface area contributed by atoms with Crippen LogP contribution in [0.25, 0.3) is 0 Å². The molecule has 1 aromatic rings. The van der Waals surface area contributed by atoms with Crippen LogP contribution in [0.15, 0.2) is 12.5 Å². The Labute approximate surface area is 81.1 Å². The number of carbonyl (C=O) groups excluding carboxylic acids is 1. The SMILES string of the molecule is CC1NC(c2cnncn2)CNC1=O. The van der Waals surface area contributed by atoms with Crippen LogP contribution in [-0.2, 0) is 4.79 Å². The number of hydrogen-bond acceptors (Lipinski definition) is 5. The molecule has 1 aliphatic rings. The number of carbonyl (C=O) groups is 1. The summed E-state index contributed by atoms with van der Waals surface area (Å²) in [5, 5.41) is 13.3. The van der Waals surface area contributed by atoms with E-state index in [1.54, 1.807) is 6.20 Å². The summed E-state index contributed by atoms with van der Waals surface area (Å²) in [5.41, 5.74) is 0.798. The lowest BCUT2D eigenvalue weighted by molar-refractivity contribution is -0.124. The molecule has 6 nitrogen and oxygen atoms in total. The lowest BCUT2D eigenvalue weighted by atomic mass is 10.1. The number of aromatic nitrogens is 3. The summed E-state index contributed by atoms with van der Waals surface area (Å²) in [6, 6.07) is -0.165. The van der Waals surface area contributed by atoms with Gasteiger partial charge in [-0.05, 0) is 6.92 Å². The highest BCUT2D eigenvalue weighted by Crippen LogP contribution is 2.10. The van der Waals surface area contributed by atoms with Crippen molar-refractivity contribution in [2.75, 3.05) is 6.54 Å². The van der Waals surface area contributed by atoms with Gasteiger partial charge in [0.25, 0.3) is 0 Å². The fraction of sp³-hybridized carbons (Fsp3) is 0.500. The van der Waals surface area contributed by atoms with Gasteiger partial charge in [0.15, 0.2) is 0 Å². The number of hydrogen-bond donors (Lipinski definition) is 2. The van der Waals surface area contributed by atoms with Crippen LogP contribution in [-0.4, -0.2) is 33.7 Å². The molecule has 1 aromatic heterocycles. The summed E-state index contributed by atoms with van der Waals surface area (Å²) in [4.78, 5) is 15.2. The molecule has 74 valence electrons. The summed E-state index contributed by atoms with van der Waals surface area (Å²) >= 11 is 0. The van der Waals surface area contributed by atoms with Gasteiger partial charge in [-0.25, -0.2) is 4.98 Å². The van der Waals surface area contributed by atoms with E-state index < -0.39 is 0 Å². The van der Waals surface area contributed by atoms with E-state index in [9.17, 15) is 4.79 Å². The summed E-state index contributed by atoms with van der Waals surface area (Å²) in [6.45, 7) is 2.36. The average Bonchev–Trinajstić information content (AvgIpc) is 2.23. The summed E-state index contributed by atoms with van der Waals surface area (Å²) in [5.74, 6) is 0.0169. The molecule has 0 bridgehead atoms. The minimum absolute atomic E-state index is 0.0169. The smallest absolute Gasteiger partial charge is 0.236 e. The standard InChI is InChI=1S/C8H11N5O/c1-5-8(14)9-2-7(13-5)6-3-11-12-4-10-6/h3-5,7,13H,2H2,1H3,(H,9,14). The lowest BCUT2D eigenvalue weighted by Crippen LogP contribution is -2.53. The lowest BCUT2D eigenvalue weighted by Gasteiger charge is -2.27. The molecule has 0 spiro atoms. The Balaban J connectivity index is 2.11. The molecule has 1 amide bonds. The van der Waals surface area contributed by atoms with Crippen LogP contribution in [0.2, 0.25) is 0 Å². The Morgan fingerprint density at radius 2 is 2.36 bits per heavy atom. The topological polar surface area (TPSA) is 79.8 Å². The van der Waals surface area contributed by atoms with Gasteiger partial charge < -0.3 is 5.32 Å². The molecular formula is C8H11N5O. The Morgan fingerprint density at radius 1 is 1.50 bits per heavy atom. The Kier molecular flexibility index (Phi) is 2.36. The van der Waals surface area contributed by atoms with Gasteiger partial charge in [-0.3, -0.25) is 10.1 Å². The maximum absolute atomic E-state index is 11.1. The van der Waals surface area contributed by atoms with E-state index in [2.05, 4.69) is 25.8 Å². The number of nitrogens with one attached hydrogen (secondary N) is 2. The van der Waals surface area contributed by atoms with Crippen molar-refractivity contribution < 1.29 is 4.79 Å². The van der Waals surface area contributed by atoms with Gasteiger partial charge in [0.1, 0.15) is 6.33 Å². The maximum atomic E-state index is 11.1. The highest BCUT2D eigenvalue weighted by atomic mass is 16.2. The molecule has 2 N–H and O–H groups in total. The second kappa shape index (κ2) is 3.67. The molecule has 1 fully saturated rings. The maximum Gasteiger partial charge on any atom is 0.236 e. The molecule has 14 heavy (non-hydrogen) atoms. The highest BCUT2D eigenvalue weighted by molar-refractivity contribution is 5.82. The number of piperazine rings is 1. The monoisotopic (exact) mass is 193 g/mol. The Bertz CT molecular complexity index is 328. The molecule has 0 aliphatic carbocycles. The van der Waals surface area contributed by atoms with Gasteiger partial charge in [-0.15, -0.1) is 5.10 Å². The highest BCUT2D eigenvalue weighted by Gasteiger charge is 2.25. The first-order valence-corrected chi connectivity index (χ1v) is 4.43. The molecule has 6 heteroatoms. The van der Waals surface area contributed by atoms with Gasteiger partial charge in [0.2, 0.25) is 5.91 Å². The predicted molar refractivity (Wildman–Crippen MR) is 48.2 cm³/mol. The van der Waals surface area contributed by atoms with E-state index in [1.807, 2.05) is 6.92 Å². The van der Waals surface area contributed by atoms with Gasteiger partial charge in [-0.2, -0.15) is 5.10 Å². The van der Waals surface area contributed by atoms with Crippen LogP contribution in [0.5, 0.6) is 0 Å². The molecule has 2 heterocycles. The second-order valence-electron chi connectivity index (χ2n) is 3.22.